The molecule has 0 aliphatic carbocycles. The van der Waals surface area contributed by atoms with Gasteiger partial charge in [-0.3, -0.25) is 0 Å². The molecule has 15 aromatic rings. The van der Waals surface area contributed by atoms with E-state index in [4.69, 9.17) is 13.3 Å². The minimum Gasteiger partial charge on any atom is -0.455 e. The SMILES string of the molecule is Cc1cc2c3cc(N(c4ccccc4-c4ccccc4)c4cccc5c4oc4ccccc45)c4ccccc4c3oc2c2cccc(-c3ccc(-c4ccccc4Nc4cccc5c4oc4ccccc45)cc3)c12. The summed E-state index contributed by atoms with van der Waals surface area (Å²) in [6.07, 6.45) is 0. The van der Waals surface area contributed by atoms with Crippen LogP contribution in [0.25, 0.3) is 121 Å². The number of nitrogens with zero attached hydrogens (tertiary/aromatic N) is 1. The van der Waals surface area contributed by atoms with Gasteiger partial charge in [-0.2, -0.15) is 0 Å². The highest BCUT2D eigenvalue weighted by Gasteiger charge is 2.26. The summed E-state index contributed by atoms with van der Waals surface area (Å²) in [5, 5.41) is 14.6. The summed E-state index contributed by atoms with van der Waals surface area (Å²) in [7, 11) is 0. The van der Waals surface area contributed by atoms with Gasteiger partial charge in [-0.25, -0.2) is 0 Å². The normalized spacial score (nSPS) is 11.9. The molecule has 0 saturated carbocycles. The van der Waals surface area contributed by atoms with Crippen LogP contribution < -0.4 is 10.2 Å². The minimum atomic E-state index is 0.831. The zero-order valence-electron chi connectivity index (χ0n) is 40.3. The molecular weight excluding hydrogens is 905 g/mol. The number of furan rings is 3. The highest BCUT2D eigenvalue weighted by molar-refractivity contribution is 6.25. The van der Waals surface area contributed by atoms with Gasteiger partial charge in [-0.1, -0.05) is 194 Å². The van der Waals surface area contributed by atoms with Crippen LogP contribution in [0.4, 0.5) is 28.4 Å². The lowest BCUT2D eigenvalue weighted by atomic mass is 9.92. The third kappa shape index (κ3) is 6.50. The van der Waals surface area contributed by atoms with E-state index in [1.165, 1.54) is 10.9 Å². The van der Waals surface area contributed by atoms with Crippen LogP contribution >= 0.6 is 0 Å². The van der Waals surface area contributed by atoms with Gasteiger partial charge in [0.25, 0.3) is 0 Å². The summed E-state index contributed by atoms with van der Waals surface area (Å²) < 4.78 is 20.4. The van der Waals surface area contributed by atoms with E-state index in [2.05, 4.69) is 242 Å². The molecule has 0 fully saturated rings. The van der Waals surface area contributed by atoms with Gasteiger partial charge in [0.1, 0.15) is 22.3 Å². The van der Waals surface area contributed by atoms with Crippen molar-refractivity contribution < 1.29 is 13.3 Å². The van der Waals surface area contributed by atoms with Gasteiger partial charge in [-0.15, -0.1) is 0 Å². The van der Waals surface area contributed by atoms with Crippen LogP contribution in [0.2, 0.25) is 0 Å². The topological polar surface area (TPSA) is 54.7 Å². The van der Waals surface area contributed by atoms with Gasteiger partial charge in [0.05, 0.1) is 22.7 Å². The molecule has 5 heteroatoms. The molecule has 0 radical (unpaired) electrons. The molecule has 0 amide bonds. The molecule has 3 heterocycles. The molecule has 348 valence electrons. The van der Waals surface area contributed by atoms with Crippen molar-refractivity contribution in [2.75, 3.05) is 10.2 Å². The van der Waals surface area contributed by atoms with Crippen LogP contribution in [0, 0.1) is 6.92 Å². The fourth-order valence-corrected chi connectivity index (χ4v) is 11.6. The lowest BCUT2D eigenvalue weighted by Gasteiger charge is -2.29. The van der Waals surface area contributed by atoms with Crippen LogP contribution in [0.3, 0.4) is 0 Å². The Kier molecular flexibility index (Phi) is 9.41. The maximum atomic E-state index is 7.21. The summed E-state index contributed by atoms with van der Waals surface area (Å²) in [6.45, 7) is 2.23. The van der Waals surface area contributed by atoms with E-state index in [1.54, 1.807) is 0 Å². The third-order valence-electron chi connectivity index (χ3n) is 15.0. The number of benzene rings is 12. The van der Waals surface area contributed by atoms with Crippen LogP contribution in [-0.4, -0.2) is 0 Å². The zero-order chi connectivity index (χ0) is 48.9. The first-order valence-electron chi connectivity index (χ1n) is 25.2. The zero-order valence-corrected chi connectivity index (χ0v) is 40.3. The summed E-state index contributed by atoms with van der Waals surface area (Å²) in [5.41, 5.74) is 18.1. The van der Waals surface area contributed by atoms with Gasteiger partial charge >= 0.3 is 0 Å². The van der Waals surface area contributed by atoms with E-state index in [0.717, 1.165) is 144 Å². The summed E-state index contributed by atoms with van der Waals surface area (Å²) >= 11 is 0. The Bertz CT molecular complexity index is 4710. The van der Waals surface area contributed by atoms with Crippen molar-refractivity contribution in [1.29, 1.82) is 0 Å². The highest BCUT2D eigenvalue weighted by Crippen LogP contribution is 2.51. The van der Waals surface area contributed by atoms with Gasteiger partial charge in [0.15, 0.2) is 11.2 Å². The Labute approximate surface area is 425 Å². The highest BCUT2D eigenvalue weighted by atomic mass is 16.3. The predicted octanol–water partition coefficient (Wildman–Crippen LogP) is 20.2. The second-order valence-corrected chi connectivity index (χ2v) is 19.2. The minimum absolute atomic E-state index is 0.831. The number of fused-ring (bicyclic) bond motifs is 13. The molecule has 0 unspecified atom stereocenters. The van der Waals surface area contributed by atoms with Crippen LogP contribution in [-0.2, 0) is 0 Å². The molecular formula is C69H44N2O3. The quantitative estimate of drug-likeness (QED) is 0.164. The van der Waals surface area contributed by atoms with Crippen molar-refractivity contribution in [3.63, 3.8) is 0 Å². The standard InChI is InChI=1S/C69H44N2O3/c1-42-40-56-57-41-62(71(60-32-12-8-21-47(60)43-18-3-2-4-19-43)61-33-17-28-54-51-24-10-14-35-64(51)73-69(54)61)49-22-5-6-25-52(49)66(57)74-67(56)55-29-15-26-48(65(42)55)45-38-36-44(37-39-45)46-20-7-11-30-58(46)70-59-31-16-27-53-50-23-9-13-34-63(50)72-68(53)59/h2-41,70H,1H3. The van der Waals surface area contributed by atoms with Crippen LogP contribution in [0.15, 0.2) is 256 Å². The summed E-state index contributed by atoms with van der Waals surface area (Å²) in [5.74, 6) is 0. The number of aryl methyl sites for hydroxylation is 1. The van der Waals surface area contributed by atoms with Crippen molar-refractivity contribution >= 4 is 116 Å². The Morgan fingerprint density at radius 1 is 0.297 bits per heavy atom. The van der Waals surface area contributed by atoms with Gasteiger partial charge in [0.2, 0.25) is 0 Å². The number of hydrogen-bond acceptors (Lipinski definition) is 5. The maximum absolute atomic E-state index is 7.21. The average molecular weight is 949 g/mol. The van der Waals surface area contributed by atoms with E-state index in [1.807, 2.05) is 18.2 Å². The van der Waals surface area contributed by atoms with E-state index in [-0.39, 0.29) is 0 Å². The van der Waals surface area contributed by atoms with E-state index < -0.39 is 0 Å². The molecule has 0 spiro atoms. The summed E-state index contributed by atoms with van der Waals surface area (Å²) in [4.78, 5) is 2.40. The molecule has 0 aliphatic rings. The number of rotatable bonds is 8. The smallest absolute Gasteiger partial charge is 0.159 e. The molecule has 1 N–H and O–H groups in total. The number of anilines is 5. The molecule has 5 nitrogen and oxygen atoms in total. The van der Waals surface area contributed by atoms with E-state index in [9.17, 15) is 0 Å². The van der Waals surface area contributed by atoms with E-state index >= 15 is 0 Å². The lowest BCUT2D eigenvalue weighted by molar-refractivity contribution is 0.669. The Morgan fingerprint density at radius 2 is 0.784 bits per heavy atom. The molecule has 12 aromatic carbocycles. The largest absolute Gasteiger partial charge is 0.455 e. The molecule has 0 saturated heterocycles. The summed E-state index contributed by atoms with van der Waals surface area (Å²) in [6, 6.07) is 86.0. The average Bonchev–Trinajstić information content (AvgIpc) is 4.19. The van der Waals surface area contributed by atoms with Gasteiger partial charge < -0.3 is 23.5 Å². The molecule has 74 heavy (non-hydrogen) atoms. The fraction of sp³-hybridized carbons (Fsp3) is 0.0145. The van der Waals surface area contributed by atoms with Crippen molar-refractivity contribution in [2.24, 2.45) is 0 Å². The first-order valence-corrected chi connectivity index (χ1v) is 25.2. The molecule has 15 rings (SSSR count). The van der Waals surface area contributed by atoms with Gasteiger partial charge in [-0.05, 0) is 88.7 Å². The lowest BCUT2D eigenvalue weighted by Crippen LogP contribution is -2.12. The predicted molar refractivity (Wildman–Crippen MR) is 309 cm³/mol. The first-order chi connectivity index (χ1) is 36.6. The second-order valence-electron chi connectivity index (χ2n) is 19.2. The first kappa shape index (κ1) is 41.9. The van der Waals surface area contributed by atoms with E-state index in [0.29, 0.717) is 0 Å². The monoisotopic (exact) mass is 948 g/mol. The maximum Gasteiger partial charge on any atom is 0.159 e. The molecule has 0 atom stereocenters. The Balaban J connectivity index is 0.877. The number of hydrogen-bond donors (Lipinski definition) is 1. The fourth-order valence-electron chi connectivity index (χ4n) is 11.6. The third-order valence-corrected chi connectivity index (χ3v) is 15.0. The Hall–Kier alpha value is -9.84. The second kappa shape index (κ2) is 16.6. The van der Waals surface area contributed by atoms with Crippen molar-refractivity contribution in [2.45, 2.75) is 6.92 Å². The van der Waals surface area contributed by atoms with Gasteiger partial charge in [0, 0.05) is 65.3 Å². The van der Waals surface area contributed by atoms with Crippen LogP contribution in [0.1, 0.15) is 5.56 Å². The molecule has 0 bridgehead atoms. The van der Waals surface area contributed by atoms with Crippen molar-refractivity contribution in [3.8, 4) is 33.4 Å². The Morgan fingerprint density at radius 3 is 1.57 bits per heavy atom. The molecule has 0 aliphatic heterocycles. The number of nitrogens with one attached hydrogen (secondary N) is 1. The number of para-hydroxylation sites is 6. The van der Waals surface area contributed by atoms with Crippen molar-refractivity contribution in [3.05, 3.63) is 248 Å². The molecule has 3 aromatic heterocycles. The van der Waals surface area contributed by atoms with Crippen molar-refractivity contribution in [1.82, 2.24) is 0 Å². The van der Waals surface area contributed by atoms with Crippen LogP contribution in [0.5, 0.6) is 0 Å².